The van der Waals surface area contributed by atoms with Gasteiger partial charge in [-0.2, -0.15) is 0 Å². The van der Waals surface area contributed by atoms with Crippen LogP contribution in [-0.4, -0.2) is 25.5 Å². The van der Waals surface area contributed by atoms with E-state index in [9.17, 15) is 14.0 Å². The lowest BCUT2D eigenvalue weighted by atomic mass is 10.1. The number of halogens is 1. The van der Waals surface area contributed by atoms with Gasteiger partial charge in [-0.05, 0) is 18.2 Å². The largest absolute Gasteiger partial charge is 0.465 e. The molecule has 2 rings (SSSR count). The molecule has 98 valence electrons. The van der Waals surface area contributed by atoms with Crippen molar-refractivity contribution < 1.29 is 18.7 Å². The number of rotatable bonds is 2. The highest BCUT2D eigenvalue weighted by Crippen LogP contribution is 2.29. The molecule has 0 aromatic heterocycles. The number of ether oxygens (including phenoxy) is 1. The Hall–Kier alpha value is -2.35. The minimum Gasteiger partial charge on any atom is -0.465 e. The average Bonchev–Trinajstić information content (AvgIpc) is 2.79. The number of methoxy groups -OCH3 is 1. The molecule has 1 aliphatic rings. The Morgan fingerprint density at radius 2 is 2.32 bits per heavy atom. The highest BCUT2D eigenvalue weighted by Gasteiger charge is 2.32. The summed E-state index contributed by atoms with van der Waals surface area (Å²) in [5, 5.41) is 0. The Kier molecular flexibility index (Phi) is 3.52. The van der Waals surface area contributed by atoms with E-state index in [1.165, 1.54) is 24.1 Å². The zero-order valence-electron chi connectivity index (χ0n) is 10.4. The predicted octanol–water partition coefficient (Wildman–Crippen LogP) is 1.60. The molecule has 0 aliphatic carbocycles. The van der Waals surface area contributed by atoms with Crippen LogP contribution in [-0.2, 0) is 9.53 Å². The van der Waals surface area contributed by atoms with Crippen molar-refractivity contribution in [3.8, 4) is 12.3 Å². The Bertz CT molecular complexity index is 577. The molecule has 5 heteroatoms. The first kappa shape index (κ1) is 13.1. The van der Waals surface area contributed by atoms with Gasteiger partial charge in [0.05, 0.1) is 18.4 Å². The highest BCUT2D eigenvalue weighted by molar-refractivity contribution is 6.03. The van der Waals surface area contributed by atoms with E-state index < -0.39 is 11.8 Å². The Balaban J connectivity index is 2.43. The van der Waals surface area contributed by atoms with Gasteiger partial charge in [0.1, 0.15) is 5.82 Å². The monoisotopic (exact) mass is 261 g/mol. The highest BCUT2D eigenvalue weighted by atomic mass is 19.1. The Morgan fingerprint density at radius 1 is 1.58 bits per heavy atom. The molecule has 1 unspecified atom stereocenters. The smallest absolute Gasteiger partial charge is 0.340 e. The summed E-state index contributed by atoms with van der Waals surface area (Å²) in [5.41, 5.74) is 0.351. The van der Waals surface area contributed by atoms with Gasteiger partial charge in [0, 0.05) is 18.9 Å². The van der Waals surface area contributed by atoms with Gasteiger partial charge in [0.15, 0.2) is 0 Å². The van der Waals surface area contributed by atoms with Gasteiger partial charge in [-0.1, -0.05) is 0 Å². The second-order valence-corrected chi connectivity index (χ2v) is 4.23. The fourth-order valence-corrected chi connectivity index (χ4v) is 2.07. The second kappa shape index (κ2) is 5.11. The van der Waals surface area contributed by atoms with Crippen LogP contribution in [0.3, 0.4) is 0 Å². The molecule has 1 fully saturated rings. The van der Waals surface area contributed by atoms with Crippen molar-refractivity contribution in [2.75, 3.05) is 18.6 Å². The van der Waals surface area contributed by atoms with Crippen LogP contribution in [0.5, 0.6) is 0 Å². The van der Waals surface area contributed by atoms with Crippen molar-refractivity contribution in [2.45, 2.75) is 6.42 Å². The normalized spacial score (nSPS) is 18.3. The van der Waals surface area contributed by atoms with Gasteiger partial charge >= 0.3 is 5.97 Å². The van der Waals surface area contributed by atoms with Crippen molar-refractivity contribution in [1.82, 2.24) is 0 Å². The maximum Gasteiger partial charge on any atom is 0.340 e. The summed E-state index contributed by atoms with van der Waals surface area (Å²) in [4.78, 5) is 24.9. The second-order valence-electron chi connectivity index (χ2n) is 4.23. The van der Waals surface area contributed by atoms with E-state index in [2.05, 4.69) is 10.7 Å². The first-order chi connectivity index (χ1) is 9.06. The molecule has 1 aliphatic heterocycles. The van der Waals surface area contributed by atoms with Crippen molar-refractivity contribution in [3.05, 3.63) is 29.6 Å². The first-order valence-corrected chi connectivity index (χ1v) is 5.71. The average molecular weight is 261 g/mol. The molecule has 19 heavy (non-hydrogen) atoms. The van der Waals surface area contributed by atoms with Crippen LogP contribution in [0.2, 0.25) is 0 Å². The number of amides is 1. The minimum absolute atomic E-state index is 0.0218. The van der Waals surface area contributed by atoms with Gasteiger partial charge in [-0.3, -0.25) is 4.79 Å². The summed E-state index contributed by atoms with van der Waals surface area (Å²) >= 11 is 0. The molecule has 0 saturated carbocycles. The van der Waals surface area contributed by atoms with E-state index >= 15 is 0 Å². The van der Waals surface area contributed by atoms with Gasteiger partial charge in [0.25, 0.3) is 0 Å². The lowest BCUT2D eigenvalue weighted by Crippen LogP contribution is -2.26. The predicted molar refractivity (Wildman–Crippen MR) is 67.0 cm³/mol. The first-order valence-electron chi connectivity index (χ1n) is 5.71. The van der Waals surface area contributed by atoms with Crippen LogP contribution in [0.25, 0.3) is 0 Å². The quantitative estimate of drug-likeness (QED) is 0.600. The molecule has 4 nitrogen and oxygen atoms in total. The van der Waals surface area contributed by atoms with Gasteiger partial charge < -0.3 is 9.64 Å². The lowest BCUT2D eigenvalue weighted by Gasteiger charge is -2.18. The maximum absolute atomic E-state index is 13.2. The van der Waals surface area contributed by atoms with Crippen LogP contribution in [0.4, 0.5) is 10.1 Å². The van der Waals surface area contributed by atoms with Crippen LogP contribution in [0, 0.1) is 24.1 Å². The third kappa shape index (κ3) is 2.43. The molecular weight excluding hydrogens is 249 g/mol. The molecule has 1 aromatic carbocycles. The van der Waals surface area contributed by atoms with E-state index in [4.69, 9.17) is 6.42 Å². The number of nitrogens with zero attached hydrogens (tertiary/aromatic N) is 1. The molecule has 1 heterocycles. The zero-order valence-corrected chi connectivity index (χ0v) is 10.4. The van der Waals surface area contributed by atoms with E-state index in [1.54, 1.807) is 0 Å². The lowest BCUT2D eigenvalue weighted by molar-refractivity contribution is -0.117. The van der Waals surface area contributed by atoms with Crippen molar-refractivity contribution in [3.63, 3.8) is 0 Å². The number of anilines is 1. The number of hydrogen-bond donors (Lipinski definition) is 0. The third-order valence-electron chi connectivity index (χ3n) is 3.02. The van der Waals surface area contributed by atoms with Gasteiger partial charge in [0.2, 0.25) is 5.91 Å². The standard InChI is InChI=1S/C14H12FNO3/c1-3-9-6-13(17)16(8-9)12-5-4-10(15)7-11(12)14(18)19-2/h1,4-5,7,9H,6,8H2,2H3. The molecule has 1 saturated heterocycles. The summed E-state index contributed by atoms with van der Waals surface area (Å²) in [6.45, 7) is 0.324. The molecule has 1 amide bonds. The molecule has 0 spiro atoms. The molecule has 1 atom stereocenters. The number of benzene rings is 1. The molecule has 0 N–H and O–H groups in total. The summed E-state index contributed by atoms with van der Waals surface area (Å²) in [6.07, 6.45) is 5.53. The number of carbonyl (C=O) groups excluding carboxylic acids is 2. The SMILES string of the molecule is C#CC1CC(=O)N(c2ccc(F)cc2C(=O)OC)C1. The summed E-state index contributed by atoms with van der Waals surface area (Å²) in [7, 11) is 1.20. The number of hydrogen-bond acceptors (Lipinski definition) is 3. The Labute approximate surface area is 110 Å². The zero-order chi connectivity index (χ0) is 14.0. The minimum atomic E-state index is -0.688. The summed E-state index contributed by atoms with van der Waals surface area (Å²) in [5.74, 6) is 0.889. The maximum atomic E-state index is 13.2. The molecule has 0 bridgehead atoms. The van der Waals surface area contributed by atoms with Crippen molar-refractivity contribution >= 4 is 17.6 Å². The van der Waals surface area contributed by atoms with E-state index in [0.29, 0.717) is 12.2 Å². The van der Waals surface area contributed by atoms with Crippen LogP contribution in [0.15, 0.2) is 18.2 Å². The molecule has 0 radical (unpaired) electrons. The van der Waals surface area contributed by atoms with Crippen LogP contribution >= 0.6 is 0 Å². The number of esters is 1. The molecule has 1 aromatic rings. The van der Waals surface area contributed by atoms with Gasteiger partial charge in [-0.25, -0.2) is 9.18 Å². The van der Waals surface area contributed by atoms with E-state index in [-0.39, 0.29) is 23.8 Å². The van der Waals surface area contributed by atoms with Crippen molar-refractivity contribution in [2.24, 2.45) is 5.92 Å². The topological polar surface area (TPSA) is 46.6 Å². The van der Waals surface area contributed by atoms with E-state index in [0.717, 1.165) is 6.07 Å². The summed E-state index contributed by atoms with van der Waals surface area (Å²) in [6, 6.07) is 3.63. The van der Waals surface area contributed by atoms with Crippen molar-refractivity contribution in [1.29, 1.82) is 0 Å². The van der Waals surface area contributed by atoms with E-state index in [1.807, 2.05) is 0 Å². The Morgan fingerprint density at radius 3 is 2.89 bits per heavy atom. The van der Waals surface area contributed by atoms with Crippen LogP contribution < -0.4 is 4.90 Å². The number of terminal acetylenes is 1. The summed E-state index contributed by atoms with van der Waals surface area (Å²) < 4.78 is 17.8. The third-order valence-corrected chi connectivity index (χ3v) is 3.02. The van der Waals surface area contributed by atoms with Gasteiger partial charge in [-0.15, -0.1) is 12.3 Å². The fourth-order valence-electron chi connectivity index (χ4n) is 2.07. The van der Waals surface area contributed by atoms with Crippen LogP contribution in [0.1, 0.15) is 16.8 Å². The number of carbonyl (C=O) groups is 2. The fraction of sp³-hybridized carbons (Fsp3) is 0.286. The molecular formula is C14H12FNO3.